The van der Waals surface area contributed by atoms with Gasteiger partial charge in [-0.15, -0.1) is 0 Å². The Morgan fingerprint density at radius 3 is 2.72 bits per heavy atom. The van der Waals surface area contributed by atoms with Crippen LogP contribution in [0.1, 0.15) is 31.2 Å². The summed E-state index contributed by atoms with van der Waals surface area (Å²) in [5.41, 5.74) is 1.40. The predicted molar refractivity (Wildman–Crippen MR) is 98.1 cm³/mol. The van der Waals surface area contributed by atoms with Gasteiger partial charge in [-0.05, 0) is 44.3 Å². The molecule has 0 unspecified atom stereocenters. The molecule has 1 aromatic carbocycles. The molecule has 1 atom stereocenters. The first-order chi connectivity index (χ1) is 12.2. The molecule has 5 nitrogen and oxygen atoms in total. The summed E-state index contributed by atoms with van der Waals surface area (Å²) >= 11 is 0. The van der Waals surface area contributed by atoms with Gasteiger partial charge in [-0.1, -0.05) is 30.3 Å². The summed E-state index contributed by atoms with van der Waals surface area (Å²) in [5.74, 6) is 0.276. The molecule has 0 bridgehead atoms. The van der Waals surface area contributed by atoms with Crippen molar-refractivity contribution in [1.29, 1.82) is 0 Å². The summed E-state index contributed by atoms with van der Waals surface area (Å²) in [6, 6.07) is 10.6. The Bertz CT molecular complexity index is 566. The standard InChI is InChI=1S/C20H29N3O2/c24-19-10-9-18(16-21-19)20(25)23-13-5-12-22(14-15-23)11-4-8-17-6-2-1-3-7-17/h1-3,6-7,18H,4-5,8-16H2,(H,21,24)/t18-/m0/s1. The van der Waals surface area contributed by atoms with Gasteiger partial charge in [-0.2, -0.15) is 0 Å². The third-order valence-corrected chi connectivity index (χ3v) is 5.30. The maximum absolute atomic E-state index is 12.7. The van der Waals surface area contributed by atoms with Crippen molar-refractivity contribution < 1.29 is 9.59 Å². The summed E-state index contributed by atoms with van der Waals surface area (Å²) in [6.07, 6.45) is 4.49. The zero-order chi connectivity index (χ0) is 17.5. The minimum Gasteiger partial charge on any atom is -0.355 e. The lowest BCUT2D eigenvalue weighted by Gasteiger charge is -2.28. The van der Waals surface area contributed by atoms with Crippen LogP contribution >= 0.6 is 0 Å². The smallest absolute Gasteiger partial charge is 0.227 e. The van der Waals surface area contributed by atoms with E-state index in [-0.39, 0.29) is 17.7 Å². The van der Waals surface area contributed by atoms with Crippen LogP contribution in [0.4, 0.5) is 0 Å². The van der Waals surface area contributed by atoms with Gasteiger partial charge in [0.25, 0.3) is 0 Å². The highest BCUT2D eigenvalue weighted by atomic mass is 16.2. The van der Waals surface area contributed by atoms with Crippen molar-refractivity contribution in [3.63, 3.8) is 0 Å². The van der Waals surface area contributed by atoms with Crippen molar-refractivity contribution in [2.75, 3.05) is 39.3 Å². The van der Waals surface area contributed by atoms with Crippen LogP contribution in [0.2, 0.25) is 0 Å². The van der Waals surface area contributed by atoms with E-state index in [1.54, 1.807) is 0 Å². The SMILES string of the molecule is O=C1CC[C@H](C(=O)N2CCCN(CCCc3ccccc3)CC2)CN1. The summed E-state index contributed by atoms with van der Waals surface area (Å²) in [4.78, 5) is 28.4. The van der Waals surface area contributed by atoms with Gasteiger partial charge in [-0.3, -0.25) is 9.59 Å². The van der Waals surface area contributed by atoms with E-state index < -0.39 is 0 Å². The Labute approximate surface area is 150 Å². The number of nitrogens with one attached hydrogen (secondary N) is 1. The van der Waals surface area contributed by atoms with Crippen LogP contribution in [0.5, 0.6) is 0 Å². The monoisotopic (exact) mass is 343 g/mol. The van der Waals surface area contributed by atoms with E-state index in [0.29, 0.717) is 19.4 Å². The van der Waals surface area contributed by atoms with Crippen LogP contribution in [0, 0.1) is 5.92 Å². The average molecular weight is 343 g/mol. The minimum absolute atomic E-state index is 0.0256. The fraction of sp³-hybridized carbons (Fsp3) is 0.600. The molecule has 0 spiro atoms. The maximum Gasteiger partial charge on any atom is 0.227 e. The molecule has 0 saturated carbocycles. The number of benzene rings is 1. The molecule has 0 radical (unpaired) electrons. The normalized spacial score (nSPS) is 22.3. The molecule has 3 rings (SSSR count). The zero-order valence-corrected chi connectivity index (χ0v) is 15.0. The molecule has 136 valence electrons. The Hall–Kier alpha value is -1.88. The van der Waals surface area contributed by atoms with Gasteiger partial charge in [-0.25, -0.2) is 0 Å². The number of carbonyl (C=O) groups is 2. The molecule has 0 aromatic heterocycles. The summed E-state index contributed by atoms with van der Waals surface area (Å²) in [5, 5.41) is 2.82. The van der Waals surface area contributed by atoms with Gasteiger partial charge >= 0.3 is 0 Å². The molecule has 2 heterocycles. The van der Waals surface area contributed by atoms with Gasteiger partial charge in [0.15, 0.2) is 0 Å². The Balaban J connectivity index is 1.41. The first-order valence-corrected chi connectivity index (χ1v) is 9.54. The number of rotatable bonds is 5. The number of nitrogens with zero attached hydrogens (tertiary/aromatic N) is 2. The lowest BCUT2D eigenvalue weighted by atomic mass is 9.97. The molecule has 2 fully saturated rings. The van der Waals surface area contributed by atoms with Crippen LogP contribution in [-0.4, -0.2) is 60.9 Å². The molecular formula is C20H29N3O2. The van der Waals surface area contributed by atoms with Crippen LogP contribution in [-0.2, 0) is 16.0 Å². The largest absolute Gasteiger partial charge is 0.355 e. The summed E-state index contributed by atoms with van der Waals surface area (Å²) in [7, 11) is 0. The molecule has 2 amide bonds. The highest BCUT2D eigenvalue weighted by molar-refractivity contribution is 5.83. The van der Waals surface area contributed by atoms with Gasteiger partial charge in [0.1, 0.15) is 0 Å². The van der Waals surface area contributed by atoms with Crippen LogP contribution in [0.15, 0.2) is 30.3 Å². The molecule has 25 heavy (non-hydrogen) atoms. The second-order valence-corrected chi connectivity index (χ2v) is 7.15. The molecule has 1 aromatic rings. The van der Waals surface area contributed by atoms with Gasteiger partial charge in [0.2, 0.25) is 11.8 Å². The maximum atomic E-state index is 12.7. The molecule has 0 aliphatic carbocycles. The molecular weight excluding hydrogens is 314 g/mol. The first kappa shape index (κ1) is 17.9. The first-order valence-electron chi connectivity index (χ1n) is 9.54. The van der Waals surface area contributed by atoms with Crippen LogP contribution in [0.25, 0.3) is 0 Å². The highest BCUT2D eigenvalue weighted by Crippen LogP contribution is 2.16. The highest BCUT2D eigenvalue weighted by Gasteiger charge is 2.29. The fourth-order valence-electron chi connectivity index (χ4n) is 3.77. The average Bonchev–Trinajstić information content (AvgIpc) is 2.88. The van der Waals surface area contributed by atoms with Gasteiger partial charge in [0, 0.05) is 32.6 Å². The van der Waals surface area contributed by atoms with Crippen molar-refractivity contribution in [3.05, 3.63) is 35.9 Å². The van der Waals surface area contributed by atoms with Crippen molar-refractivity contribution in [1.82, 2.24) is 15.1 Å². The Kier molecular flexibility index (Phi) is 6.45. The van der Waals surface area contributed by atoms with Gasteiger partial charge in [0.05, 0.1) is 5.92 Å². The Morgan fingerprint density at radius 1 is 1.12 bits per heavy atom. The second kappa shape index (κ2) is 8.99. The van der Waals surface area contributed by atoms with Crippen molar-refractivity contribution in [2.45, 2.75) is 32.1 Å². The van der Waals surface area contributed by atoms with Gasteiger partial charge < -0.3 is 15.1 Å². The number of aryl methyl sites for hydroxylation is 1. The van der Waals surface area contributed by atoms with E-state index in [2.05, 4.69) is 40.5 Å². The molecule has 1 N–H and O–H groups in total. The lowest BCUT2D eigenvalue weighted by Crippen LogP contribution is -2.45. The Morgan fingerprint density at radius 2 is 1.96 bits per heavy atom. The molecule has 2 saturated heterocycles. The number of piperidine rings is 1. The topological polar surface area (TPSA) is 52.7 Å². The lowest BCUT2D eigenvalue weighted by molar-refractivity contribution is -0.137. The number of hydrogen-bond acceptors (Lipinski definition) is 3. The number of hydrogen-bond donors (Lipinski definition) is 1. The third kappa shape index (κ3) is 5.30. The van der Waals surface area contributed by atoms with E-state index in [1.165, 1.54) is 5.56 Å². The van der Waals surface area contributed by atoms with E-state index >= 15 is 0 Å². The van der Waals surface area contributed by atoms with E-state index in [9.17, 15) is 9.59 Å². The quantitative estimate of drug-likeness (QED) is 0.885. The summed E-state index contributed by atoms with van der Waals surface area (Å²) < 4.78 is 0. The number of amides is 2. The van der Waals surface area contributed by atoms with Crippen molar-refractivity contribution in [3.8, 4) is 0 Å². The third-order valence-electron chi connectivity index (χ3n) is 5.30. The van der Waals surface area contributed by atoms with Crippen LogP contribution < -0.4 is 5.32 Å². The zero-order valence-electron chi connectivity index (χ0n) is 15.0. The van der Waals surface area contributed by atoms with E-state index in [0.717, 1.165) is 52.0 Å². The second-order valence-electron chi connectivity index (χ2n) is 7.15. The molecule has 2 aliphatic rings. The number of carbonyl (C=O) groups excluding carboxylic acids is 2. The van der Waals surface area contributed by atoms with Crippen molar-refractivity contribution in [2.24, 2.45) is 5.92 Å². The van der Waals surface area contributed by atoms with Crippen LogP contribution in [0.3, 0.4) is 0 Å². The van der Waals surface area contributed by atoms with E-state index in [4.69, 9.17) is 0 Å². The predicted octanol–water partition coefficient (Wildman–Crippen LogP) is 1.68. The van der Waals surface area contributed by atoms with Crippen molar-refractivity contribution >= 4 is 11.8 Å². The van der Waals surface area contributed by atoms with E-state index in [1.807, 2.05) is 4.90 Å². The molecule has 2 aliphatic heterocycles. The minimum atomic E-state index is -0.0256. The summed E-state index contributed by atoms with van der Waals surface area (Å²) in [6.45, 7) is 5.29. The fourth-order valence-corrected chi connectivity index (χ4v) is 3.77. The molecule has 5 heteroatoms.